The topological polar surface area (TPSA) is 98.8 Å². The quantitative estimate of drug-likeness (QED) is 0.459. The van der Waals surface area contributed by atoms with Crippen LogP contribution in [-0.2, 0) is 28.7 Å². The molecule has 7 nitrogen and oxygen atoms in total. The normalized spacial score (nSPS) is 11.4. The summed E-state index contributed by atoms with van der Waals surface area (Å²) < 4.78 is 10.2. The highest BCUT2D eigenvalue weighted by atomic mass is 16.5. The molecule has 0 aliphatic rings. The largest absolute Gasteiger partial charge is 0.377 e. The minimum atomic E-state index is -0.104. The average molecular weight is 388 g/mol. The number of ether oxygens (including phenoxy) is 2. The van der Waals surface area contributed by atoms with Crippen LogP contribution in [0.15, 0.2) is 0 Å². The van der Waals surface area contributed by atoms with Gasteiger partial charge in [0.25, 0.3) is 0 Å². The monoisotopic (exact) mass is 387 g/mol. The summed E-state index contributed by atoms with van der Waals surface area (Å²) in [7, 11) is 0. The van der Waals surface area contributed by atoms with Crippen LogP contribution in [-0.4, -0.2) is 56.2 Å². The Morgan fingerprint density at radius 1 is 0.889 bits per heavy atom. The molecule has 0 aliphatic heterocycles. The van der Waals surface area contributed by atoms with Crippen LogP contribution in [0.3, 0.4) is 0 Å². The van der Waals surface area contributed by atoms with Crippen LogP contribution >= 0.6 is 0 Å². The fourth-order valence-corrected chi connectivity index (χ4v) is 2.11. The van der Waals surface area contributed by atoms with E-state index in [1.165, 1.54) is 13.8 Å². The lowest BCUT2D eigenvalue weighted by atomic mass is 9.93. The molecule has 0 radical (unpaired) electrons. The van der Waals surface area contributed by atoms with Gasteiger partial charge in [-0.15, -0.1) is 0 Å². The average Bonchev–Trinajstić information content (AvgIpc) is 2.56. The molecule has 1 unspecified atom stereocenters. The number of nitrogens with one attached hydrogen (secondary N) is 1. The van der Waals surface area contributed by atoms with Crippen LogP contribution in [0.25, 0.3) is 0 Å². The molecule has 0 fully saturated rings. The van der Waals surface area contributed by atoms with Crippen LogP contribution in [0.4, 0.5) is 0 Å². The summed E-state index contributed by atoms with van der Waals surface area (Å²) in [5, 5.41) is 2.73. The van der Waals surface area contributed by atoms with Gasteiger partial charge in [0.05, 0.1) is 19.8 Å². The van der Waals surface area contributed by atoms with Gasteiger partial charge >= 0.3 is 0 Å². The number of hydrogen-bond acceptors (Lipinski definition) is 6. The highest BCUT2D eigenvalue weighted by Gasteiger charge is 2.17. The number of Topliss-reactive ketones (excluding diaryl/α,β-unsaturated/α-hetero) is 3. The number of ketones is 3. The van der Waals surface area contributed by atoms with E-state index in [0.717, 1.165) is 6.42 Å². The Labute approximate surface area is 163 Å². The first-order chi connectivity index (χ1) is 12.6. The summed E-state index contributed by atoms with van der Waals surface area (Å²) in [6, 6.07) is 0. The molecule has 0 aromatic rings. The third-order valence-corrected chi connectivity index (χ3v) is 3.37. The van der Waals surface area contributed by atoms with Gasteiger partial charge in [-0.25, -0.2) is 0 Å². The molecular formula is C20H37NO6. The van der Waals surface area contributed by atoms with Gasteiger partial charge in [-0.2, -0.15) is 0 Å². The first-order valence-electron chi connectivity index (χ1n) is 9.56. The molecule has 0 aliphatic carbocycles. The summed E-state index contributed by atoms with van der Waals surface area (Å²) >= 11 is 0. The van der Waals surface area contributed by atoms with E-state index >= 15 is 0 Å². The maximum Gasteiger partial charge on any atom is 0.220 e. The van der Waals surface area contributed by atoms with Crippen molar-refractivity contribution >= 4 is 23.3 Å². The second kappa shape index (κ2) is 17.8. The Hall–Kier alpha value is -1.60. The zero-order valence-electron chi connectivity index (χ0n) is 17.8. The molecule has 0 saturated carbocycles. The van der Waals surface area contributed by atoms with E-state index in [9.17, 15) is 19.2 Å². The van der Waals surface area contributed by atoms with Gasteiger partial charge in [-0.3, -0.25) is 14.4 Å². The maximum absolute atomic E-state index is 11.2. The van der Waals surface area contributed by atoms with Crippen LogP contribution in [0, 0.1) is 11.8 Å². The molecule has 0 rings (SSSR count). The first kappa shape index (κ1) is 27.6. The number of rotatable bonds is 14. The standard InChI is InChI=1S/C11H21NO4.C9H16O2/c1-3-4-11(14)12-5-6-15-7-8-16-9-10(2)13;1-6(2)9(11)7(3)5-8(4)10/h3-9H2,1-2H3,(H,12,14);6-7H,5H2,1-4H3. The Morgan fingerprint density at radius 3 is 1.96 bits per heavy atom. The Balaban J connectivity index is 0. The van der Waals surface area contributed by atoms with E-state index in [-0.39, 0.29) is 41.7 Å². The molecule has 1 atom stereocenters. The Bertz CT molecular complexity index is 448. The van der Waals surface area contributed by atoms with E-state index in [1.54, 1.807) is 0 Å². The van der Waals surface area contributed by atoms with Gasteiger partial charge in [0, 0.05) is 31.2 Å². The fourth-order valence-electron chi connectivity index (χ4n) is 2.11. The molecule has 0 spiro atoms. The molecule has 7 heteroatoms. The van der Waals surface area contributed by atoms with E-state index in [4.69, 9.17) is 9.47 Å². The van der Waals surface area contributed by atoms with E-state index in [1.807, 2.05) is 27.7 Å². The maximum atomic E-state index is 11.2. The molecule has 1 N–H and O–H groups in total. The van der Waals surface area contributed by atoms with E-state index in [0.29, 0.717) is 39.2 Å². The predicted octanol–water partition coefficient (Wildman–Crippen LogP) is 2.35. The molecule has 0 aromatic heterocycles. The SMILES string of the molecule is CC(=O)CC(C)C(=O)C(C)C.CCCC(=O)NCCOCCOCC(C)=O. The summed E-state index contributed by atoms with van der Waals surface area (Å²) in [4.78, 5) is 43.4. The Kier molecular flexibility index (Phi) is 18.2. The van der Waals surface area contributed by atoms with Crippen molar-refractivity contribution in [3.8, 4) is 0 Å². The number of hydrogen-bond donors (Lipinski definition) is 1. The minimum absolute atomic E-state index is 0.00632. The van der Waals surface area contributed by atoms with Gasteiger partial charge in [-0.1, -0.05) is 27.7 Å². The van der Waals surface area contributed by atoms with Crippen molar-refractivity contribution in [2.75, 3.05) is 33.0 Å². The van der Waals surface area contributed by atoms with Crippen LogP contribution in [0.1, 0.15) is 60.8 Å². The molecular weight excluding hydrogens is 350 g/mol. The predicted molar refractivity (Wildman–Crippen MR) is 105 cm³/mol. The molecule has 158 valence electrons. The van der Waals surface area contributed by atoms with Crippen molar-refractivity contribution in [1.29, 1.82) is 0 Å². The number of amides is 1. The zero-order chi connectivity index (χ0) is 21.2. The van der Waals surface area contributed by atoms with Crippen LogP contribution < -0.4 is 5.32 Å². The van der Waals surface area contributed by atoms with Crippen molar-refractivity contribution < 1.29 is 28.7 Å². The van der Waals surface area contributed by atoms with Crippen molar-refractivity contribution in [3.63, 3.8) is 0 Å². The van der Waals surface area contributed by atoms with Crippen LogP contribution in [0.5, 0.6) is 0 Å². The van der Waals surface area contributed by atoms with Crippen molar-refractivity contribution in [2.24, 2.45) is 11.8 Å². The number of carbonyl (C=O) groups is 4. The van der Waals surface area contributed by atoms with Gasteiger partial charge in [-0.05, 0) is 20.3 Å². The summed E-state index contributed by atoms with van der Waals surface area (Å²) in [6.45, 7) is 12.5. The zero-order valence-corrected chi connectivity index (χ0v) is 17.8. The third-order valence-electron chi connectivity index (χ3n) is 3.37. The highest BCUT2D eigenvalue weighted by molar-refractivity contribution is 5.87. The molecule has 0 aromatic carbocycles. The van der Waals surface area contributed by atoms with Gasteiger partial charge in [0.1, 0.15) is 18.2 Å². The fraction of sp³-hybridized carbons (Fsp3) is 0.800. The lowest BCUT2D eigenvalue weighted by Crippen LogP contribution is -2.27. The Morgan fingerprint density at radius 2 is 1.48 bits per heavy atom. The van der Waals surface area contributed by atoms with Crippen LogP contribution in [0.2, 0.25) is 0 Å². The molecule has 0 saturated heterocycles. The summed E-state index contributed by atoms with van der Waals surface area (Å²) in [6.07, 6.45) is 1.80. The minimum Gasteiger partial charge on any atom is -0.377 e. The lowest BCUT2D eigenvalue weighted by molar-refractivity contribution is -0.128. The lowest BCUT2D eigenvalue weighted by Gasteiger charge is -2.10. The van der Waals surface area contributed by atoms with Crippen molar-refractivity contribution in [2.45, 2.75) is 60.8 Å². The van der Waals surface area contributed by atoms with Gasteiger partial charge in [0.15, 0.2) is 5.78 Å². The first-order valence-corrected chi connectivity index (χ1v) is 9.56. The van der Waals surface area contributed by atoms with E-state index in [2.05, 4.69) is 5.32 Å². The molecule has 27 heavy (non-hydrogen) atoms. The second-order valence-electron chi connectivity index (χ2n) is 6.83. The van der Waals surface area contributed by atoms with Gasteiger partial charge < -0.3 is 19.6 Å². The summed E-state index contributed by atoms with van der Waals surface area (Å²) in [5.74, 6) is 0.273. The van der Waals surface area contributed by atoms with Gasteiger partial charge in [0.2, 0.25) is 5.91 Å². The third kappa shape index (κ3) is 20.6. The van der Waals surface area contributed by atoms with Crippen molar-refractivity contribution in [1.82, 2.24) is 5.32 Å². The molecule has 1 amide bonds. The summed E-state index contributed by atoms with van der Waals surface area (Å²) in [5.41, 5.74) is 0. The van der Waals surface area contributed by atoms with E-state index < -0.39 is 0 Å². The smallest absolute Gasteiger partial charge is 0.220 e. The second-order valence-corrected chi connectivity index (χ2v) is 6.83. The van der Waals surface area contributed by atoms with Crippen molar-refractivity contribution in [3.05, 3.63) is 0 Å². The highest BCUT2D eigenvalue weighted by Crippen LogP contribution is 2.10. The number of carbonyl (C=O) groups excluding carboxylic acids is 4. The molecule has 0 bridgehead atoms. The molecule has 0 heterocycles.